The first-order chi connectivity index (χ1) is 23.4. The largest absolute Gasteiger partial charge is 0.390 e. The highest BCUT2D eigenvalue weighted by atomic mass is 32.2. The number of likely N-dealkylation sites (tertiary alicyclic amines) is 1. The van der Waals surface area contributed by atoms with Crippen LogP contribution >= 0.6 is 0 Å². The maximum absolute atomic E-state index is 14.1. The molecule has 2 aromatic rings. The summed E-state index contributed by atoms with van der Waals surface area (Å²) < 4.78 is 24.3. The Labute approximate surface area is 297 Å². The van der Waals surface area contributed by atoms with E-state index in [2.05, 4.69) is 25.8 Å². The summed E-state index contributed by atoms with van der Waals surface area (Å²) in [5, 5.41) is 20.6. The molecule has 1 aliphatic heterocycles. The van der Waals surface area contributed by atoms with Crippen molar-refractivity contribution in [1.82, 2.24) is 25.8 Å². The van der Waals surface area contributed by atoms with Crippen molar-refractivity contribution in [3.05, 3.63) is 72.1 Å². The van der Waals surface area contributed by atoms with Crippen molar-refractivity contribution in [3.8, 4) is 0 Å². The summed E-state index contributed by atoms with van der Waals surface area (Å²) in [5.41, 5.74) is 1.09. The quantitative estimate of drug-likeness (QED) is 0.231. The number of amides is 3. The summed E-state index contributed by atoms with van der Waals surface area (Å²) in [5.74, 6) is -0.603. The average Bonchev–Trinajstić information content (AvgIpc) is 3.05. The molecule has 1 saturated heterocycles. The second kappa shape index (κ2) is 16.6. The van der Waals surface area contributed by atoms with E-state index in [0.717, 1.165) is 37.5 Å². The van der Waals surface area contributed by atoms with Crippen molar-refractivity contribution >= 4 is 33.6 Å². The standard InChI is InChI=1S/C38H55N5O6S/c1-37(2,3)42-35(46)31-22-28-16-10-11-17-29(28)24-43(31)25-32(44)30(21-26-13-8-7-9-14-26)40-36(47)34(38(4,5)50(6,48)49)41-33(45)19-18-27-15-12-20-39-23-27/h7-9,12-15,18-20,23,28-32,34,44H,10-11,16-17,21-22,24-25H2,1-6H3,(H,40,47)(H,41,45)(H,42,46)/t28?,29?,30-,31-,32+,34+/m0/s1. The van der Waals surface area contributed by atoms with Crippen LogP contribution in [0.5, 0.6) is 0 Å². The molecule has 1 saturated carbocycles. The van der Waals surface area contributed by atoms with Gasteiger partial charge in [-0.3, -0.25) is 24.3 Å². The number of carbonyl (C=O) groups excluding carboxylic acids is 3. The Morgan fingerprint density at radius 3 is 2.30 bits per heavy atom. The molecule has 3 amide bonds. The van der Waals surface area contributed by atoms with Crippen molar-refractivity contribution in [2.75, 3.05) is 19.3 Å². The minimum atomic E-state index is -3.87. The molecule has 0 radical (unpaired) electrons. The number of hydrogen-bond acceptors (Lipinski definition) is 8. The number of aliphatic hydroxyl groups excluding tert-OH is 1. The van der Waals surface area contributed by atoms with Crippen LogP contribution in [0.25, 0.3) is 6.08 Å². The smallest absolute Gasteiger partial charge is 0.244 e. The first-order valence-corrected chi connectivity index (χ1v) is 19.5. The lowest BCUT2D eigenvalue weighted by atomic mass is 9.72. The SMILES string of the molecule is CC(C)(C)NC(=O)[C@@H]1CC2CCCCC2CN1C[C@@H](O)[C@H](Cc1ccccc1)NC(=O)[C@@H](NC(=O)C=Cc1cccnc1)C(C)(C)S(C)(=O)=O. The number of sulfone groups is 1. The second-order valence-corrected chi connectivity index (χ2v) is 18.2. The Balaban J connectivity index is 1.61. The normalized spacial score (nSPS) is 22.2. The number of carbonyl (C=O) groups is 3. The number of rotatable bonds is 13. The van der Waals surface area contributed by atoms with E-state index in [0.29, 0.717) is 30.4 Å². The van der Waals surface area contributed by atoms with Gasteiger partial charge in [0.1, 0.15) is 6.04 Å². The molecular formula is C38H55N5O6S. The van der Waals surface area contributed by atoms with Gasteiger partial charge in [0.2, 0.25) is 17.7 Å². The zero-order valence-electron chi connectivity index (χ0n) is 30.3. The zero-order valence-corrected chi connectivity index (χ0v) is 31.1. The lowest BCUT2D eigenvalue weighted by molar-refractivity contribution is -0.133. The molecular weight excluding hydrogens is 655 g/mol. The second-order valence-electron chi connectivity index (χ2n) is 15.6. The van der Waals surface area contributed by atoms with Crippen LogP contribution in [0.3, 0.4) is 0 Å². The van der Waals surface area contributed by atoms with Gasteiger partial charge in [-0.15, -0.1) is 0 Å². The number of benzene rings is 1. The van der Waals surface area contributed by atoms with Gasteiger partial charge in [0, 0.05) is 43.4 Å². The third-order valence-corrected chi connectivity index (χ3v) is 12.3. The van der Waals surface area contributed by atoms with Gasteiger partial charge in [0.15, 0.2) is 9.84 Å². The summed E-state index contributed by atoms with van der Waals surface area (Å²) in [7, 11) is -3.87. The van der Waals surface area contributed by atoms with Crippen molar-refractivity contribution in [2.45, 2.75) is 108 Å². The molecule has 0 bridgehead atoms. The van der Waals surface area contributed by atoms with Crippen LogP contribution in [-0.4, -0.2) is 95.0 Å². The van der Waals surface area contributed by atoms with E-state index >= 15 is 0 Å². The number of nitrogens with one attached hydrogen (secondary N) is 3. The maximum atomic E-state index is 14.1. The molecule has 4 N–H and O–H groups in total. The Hall–Kier alpha value is -3.61. The number of aromatic nitrogens is 1. The summed E-state index contributed by atoms with van der Waals surface area (Å²) in [6, 6.07) is 10.1. The molecule has 0 spiro atoms. The van der Waals surface area contributed by atoms with E-state index in [-0.39, 0.29) is 18.9 Å². The molecule has 2 heterocycles. The molecule has 12 heteroatoms. The van der Waals surface area contributed by atoms with Crippen LogP contribution in [0.1, 0.15) is 77.8 Å². The summed E-state index contributed by atoms with van der Waals surface area (Å²) >= 11 is 0. The molecule has 50 heavy (non-hydrogen) atoms. The van der Waals surface area contributed by atoms with E-state index in [1.165, 1.54) is 26.0 Å². The number of pyridine rings is 1. The van der Waals surface area contributed by atoms with E-state index < -0.39 is 56.2 Å². The van der Waals surface area contributed by atoms with E-state index in [9.17, 15) is 27.9 Å². The number of β-amino-alcohol motifs (C(OH)–C–C–N with tert-alkyl or cyclic N) is 1. The maximum Gasteiger partial charge on any atom is 0.244 e. The Morgan fingerprint density at radius 2 is 1.68 bits per heavy atom. The van der Waals surface area contributed by atoms with Gasteiger partial charge in [0.25, 0.3) is 0 Å². The van der Waals surface area contributed by atoms with Gasteiger partial charge in [-0.1, -0.05) is 55.7 Å². The van der Waals surface area contributed by atoms with Gasteiger partial charge in [0.05, 0.1) is 22.9 Å². The van der Waals surface area contributed by atoms with Crippen LogP contribution in [0.4, 0.5) is 0 Å². The average molecular weight is 710 g/mol. The van der Waals surface area contributed by atoms with Crippen molar-refractivity contribution in [2.24, 2.45) is 11.8 Å². The molecule has 11 nitrogen and oxygen atoms in total. The monoisotopic (exact) mass is 709 g/mol. The van der Waals surface area contributed by atoms with E-state index in [1.54, 1.807) is 24.5 Å². The van der Waals surface area contributed by atoms with Crippen molar-refractivity contribution < 1.29 is 27.9 Å². The number of hydrogen-bond donors (Lipinski definition) is 4. The third-order valence-electron chi connectivity index (χ3n) is 10.1. The Kier molecular flexibility index (Phi) is 13.0. The third kappa shape index (κ3) is 10.7. The van der Waals surface area contributed by atoms with Crippen LogP contribution in [-0.2, 0) is 30.6 Å². The lowest BCUT2D eigenvalue weighted by Crippen LogP contribution is -2.64. The topological polar surface area (TPSA) is 158 Å². The molecule has 6 atom stereocenters. The van der Waals surface area contributed by atoms with Crippen molar-refractivity contribution in [1.29, 1.82) is 0 Å². The molecule has 1 aromatic heterocycles. The number of fused-ring (bicyclic) bond motifs is 1. The predicted molar refractivity (Wildman–Crippen MR) is 196 cm³/mol. The molecule has 1 aliphatic carbocycles. The highest BCUT2D eigenvalue weighted by Gasteiger charge is 2.46. The molecule has 2 aliphatic rings. The van der Waals surface area contributed by atoms with Crippen LogP contribution in [0, 0.1) is 11.8 Å². The fraction of sp³-hybridized carbons (Fsp3) is 0.579. The predicted octanol–water partition coefficient (Wildman–Crippen LogP) is 3.29. The van der Waals surface area contributed by atoms with Gasteiger partial charge in [-0.05, 0) is 89.0 Å². The first-order valence-electron chi connectivity index (χ1n) is 17.6. The molecule has 2 unspecified atom stereocenters. The molecule has 2 fully saturated rings. The van der Waals surface area contributed by atoms with Gasteiger partial charge in [-0.2, -0.15) is 0 Å². The van der Waals surface area contributed by atoms with Crippen LogP contribution < -0.4 is 16.0 Å². The number of piperidine rings is 1. The summed E-state index contributed by atoms with van der Waals surface area (Å²) in [6.07, 6.45) is 11.2. The van der Waals surface area contributed by atoms with Crippen molar-refractivity contribution in [3.63, 3.8) is 0 Å². The molecule has 274 valence electrons. The van der Waals surface area contributed by atoms with Crippen LogP contribution in [0.2, 0.25) is 0 Å². The van der Waals surface area contributed by atoms with Gasteiger partial charge < -0.3 is 21.1 Å². The molecule has 1 aromatic carbocycles. The van der Waals surface area contributed by atoms with E-state index in [1.807, 2.05) is 51.1 Å². The highest BCUT2D eigenvalue weighted by molar-refractivity contribution is 7.92. The van der Waals surface area contributed by atoms with Gasteiger partial charge >= 0.3 is 0 Å². The summed E-state index contributed by atoms with van der Waals surface area (Å²) in [4.78, 5) is 47.0. The van der Waals surface area contributed by atoms with Crippen LogP contribution in [0.15, 0.2) is 60.9 Å². The lowest BCUT2D eigenvalue weighted by Gasteiger charge is -2.47. The fourth-order valence-corrected chi connectivity index (χ4v) is 7.61. The fourth-order valence-electron chi connectivity index (χ4n) is 7.02. The minimum Gasteiger partial charge on any atom is -0.390 e. The number of nitrogens with zero attached hydrogens (tertiary/aromatic N) is 2. The number of aliphatic hydroxyl groups is 1. The first kappa shape index (κ1) is 39.2. The summed E-state index contributed by atoms with van der Waals surface area (Å²) in [6.45, 7) is 9.43. The highest BCUT2D eigenvalue weighted by Crippen LogP contribution is 2.39. The van der Waals surface area contributed by atoms with Gasteiger partial charge in [-0.25, -0.2) is 8.42 Å². The zero-order chi connectivity index (χ0) is 36.7. The minimum absolute atomic E-state index is 0.0746. The Bertz CT molecular complexity index is 1590. The Morgan fingerprint density at radius 1 is 1.00 bits per heavy atom. The molecule has 4 rings (SSSR count). The van der Waals surface area contributed by atoms with E-state index in [4.69, 9.17) is 0 Å².